The van der Waals surface area contributed by atoms with Crippen LogP contribution in [0.15, 0.2) is 24.3 Å². The third-order valence-corrected chi connectivity index (χ3v) is 3.71. The molecular formula is C17H29NO. The molecule has 0 aliphatic heterocycles. The van der Waals surface area contributed by atoms with Gasteiger partial charge in [-0.1, -0.05) is 51.0 Å². The van der Waals surface area contributed by atoms with Gasteiger partial charge in [0.25, 0.3) is 0 Å². The average molecular weight is 263 g/mol. The topological polar surface area (TPSA) is 46.2 Å². The average Bonchev–Trinajstić information content (AvgIpc) is 2.40. The summed E-state index contributed by atoms with van der Waals surface area (Å²) < 4.78 is 0. The lowest BCUT2D eigenvalue weighted by Gasteiger charge is -2.28. The summed E-state index contributed by atoms with van der Waals surface area (Å²) in [6, 6.07) is 8.47. The van der Waals surface area contributed by atoms with Crippen molar-refractivity contribution in [2.45, 2.75) is 64.4 Å². The second kappa shape index (κ2) is 8.34. The van der Waals surface area contributed by atoms with Crippen LogP contribution >= 0.6 is 0 Å². The highest BCUT2D eigenvalue weighted by Gasteiger charge is 2.27. The summed E-state index contributed by atoms with van der Waals surface area (Å²) in [4.78, 5) is 0. The van der Waals surface area contributed by atoms with Crippen LogP contribution in [-0.2, 0) is 12.0 Å². The quantitative estimate of drug-likeness (QED) is 0.666. The van der Waals surface area contributed by atoms with Gasteiger partial charge in [0.2, 0.25) is 0 Å². The van der Waals surface area contributed by atoms with Crippen LogP contribution in [0.1, 0.15) is 63.5 Å². The first kappa shape index (κ1) is 16.2. The maximum Gasteiger partial charge on any atom is 0.0896 e. The van der Waals surface area contributed by atoms with E-state index in [9.17, 15) is 5.11 Å². The standard InChI is InChI=1S/C17H29NO/c1-3-11-17(19,12-4-2)16-10-7-9-15(14-16)8-5-6-13-18/h7,9-10,14,19H,3-6,8,11-13,18H2,1-2H3. The molecule has 0 saturated heterocycles. The Morgan fingerprint density at radius 1 is 1.11 bits per heavy atom. The molecule has 0 saturated carbocycles. The summed E-state index contributed by atoms with van der Waals surface area (Å²) in [7, 11) is 0. The fourth-order valence-electron chi connectivity index (χ4n) is 2.73. The normalized spacial score (nSPS) is 11.8. The summed E-state index contributed by atoms with van der Waals surface area (Å²) in [5, 5.41) is 10.9. The van der Waals surface area contributed by atoms with E-state index < -0.39 is 5.60 Å². The Bertz CT molecular complexity index is 356. The lowest BCUT2D eigenvalue weighted by Crippen LogP contribution is -2.25. The first-order valence-electron chi connectivity index (χ1n) is 7.68. The molecule has 0 spiro atoms. The van der Waals surface area contributed by atoms with Crippen molar-refractivity contribution >= 4 is 0 Å². The molecule has 0 aromatic heterocycles. The Morgan fingerprint density at radius 2 is 1.79 bits per heavy atom. The van der Waals surface area contributed by atoms with Crippen LogP contribution in [0.5, 0.6) is 0 Å². The number of hydrogen-bond acceptors (Lipinski definition) is 2. The summed E-state index contributed by atoms with van der Waals surface area (Å²) in [6.07, 6.45) is 6.94. The SMILES string of the molecule is CCCC(O)(CCC)c1cccc(CCCCN)c1. The number of nitrogens with two attached hydrogens (primary N) is 1. The minimum absolute atomic E-state index is 0.645. The minimum atomic E-state index is -0.645. The number of aliphatic hydroxyl groups is 1. The van der Waals surface area contributed by atoms with Crippen molar-refractivity contribution in [3.05, 3.63) is 35.4 Å². The molecule has 108 valence electrons. The van der Waals surface area contributed by atoms with Gasteiger partial charge in [-0.15, -0.1) is 0 Å². The molecular weight excluding hydrogens is 234 g/mol. The zero-order valence-electron chi connectivity index (χ0n) is 12.5. The Morgan fingerprint density at radius 3 is 2.37 bits per heavy atom. The zero-order chi connectivity index (χ0) is 14.1. The molecule has 0 bridgehead atoms. The number of rotatable bonds is 9. The molecule has 0 heterocycles. The fraction of sp³-hybridized carbons (Fsp3) is 0.647. The Hall–Kier alpha value is -0.860. The number of benzene rings is 1. The third kappa shape index (κ3) is 4.96. The second-order valence-electron chi connectivity index (χ2n) is 5.48. The van der Waals surface area contributed by atoms with Crippen LogP contribution in [0.4, 0.5) is 0 Å². The Kier molecular flexibility index (Phi) is 7.11. The van der Waals surface area contributed by atoms with Gasteiger partial charge in [0, 0.05) is 0 Å². The molecule has 1 aromatic carbocycles. The smallest absolute Gasteiger partial charge is 0.0896 e. The molecule has 0 amide bonds. The van der Waals surface area contributed by atoms with Crippen LogP contribution in [0.2, 0.25) is 0 Å². The molecule has 19 heavy (non-hydrogen) atoms. The van der Waals surface area contributed by atoms with Crippen LogP contribution in [-0.4, -0.2) is 11.7 Å². The highest BCUT2D eigenvalue weighted by molar-refractivity contribution is 5.28. The van der Waals surface area contributed by atoms with E-state index >= 15 is 0 Å². The van der Waals surface area contributed by atoms with E-state index in [2.05, 4.69) is 38.1 Å². The predicted molar refractivity (Wildman–Crippen MR) is 82.1 cm³/mol. The molecule has 0 unspecified atom stereocenters. The molecule has 0 aliphatic rings. The van der Waals surface area contributed by atoms with Crippen molar-refractivity contribution in [3.63, 3.8) is 0 Å². The summed E-state index contributed by atoms with van der Waals surface area (Å²) in [5.41, 5.74) is 7.29. The summed E-state index contributed by atoms with van der Waals surface area (Å²) in [5.74, 6) is 0. The largest absolute Gasteiger partial charge is 0.385 e. The highest BCUT2D eigenvalue weighted by Crippen LogP contribution is 2.32. The molecule has 0 radical (unpaired) electrons. The van der Waals surface area contributed by atoms with Gasteiger partial charge >= 0.3 is 0 Å². The van der Waals surface area contributed by atoms with Gasteiger partial charge in [-0.3, -0.25) is 0 Å². The van der Waals surface area contributed by atoms with Gasteiger partial charge in [0.15, 0.2) is 0 Å². The maximum atomic E-state index is 10.9. The van der Waals surface area contributed by atoms with Gasteiger partial charge in [-0.25, -0.2) is 0 Å². The first-order chi connectivity index (χ1) is 9.16. The van der Waals surface area contributed by atoms with E-state index in [1.165, 1.54) is 5.56 Å². The van der Waals surface area contributed by atoms with Gasteiger partial charge in [0.1, 0.15) is 0 Å². The Labute approximate surface area is 118 Å². The maximum absolute atomic E-state index is 10.9. The third-order valence-electron chi connectivity index (χ3n) is 3.71. The lowest BCUT2D eigenvalue weighted by molar-refractivity contribution is 0.0169. The van der Waals surface area contributed by atoms with E-state index in [1.807, 2.05) is 0 Å². The second-order valence-corrected chi connectivity index (χ2v) is 5.48. The highest BCUT2D eigenvalue weighted by atomic mass is 16.3. The van der Waals surface area contributed by atoms with Crippen LogP contribution < -0.4 is 5.73 Å². The number of aryl methyl sites for hydroxylation is 1. The van der Waals surface area contributed by atoms with Gasteiger partial charge in [-0.05, 0) is 49.8 Å². The van der Waals surface area contributed by atoms with Crippen molar-refractivity contribution in [3.8, 4) is 0 Å². The Balaban J connectivity index is 2.82. The van der Waals surface area contributed by atoms with Crippen molar-refractivity contribution in [2.24, 2.45) is 5.73 Å². The zero-order valence-corrected chi connectivity index (χ0v) is 12.5. The van der Waals surface area contributed by atoms with Crippen molar-refractivity contribution in [1.29, 1.82) is 0 Å². The molecule has 1 rings (SSSR count). The molecule has 0 atom stereocenters. The molecule has 0 aliphatic carbocycles. The van der Waals surface area contributed by atoms with E-state index in [-0.39, 0.29) is 0 Å². The van der Waals surface area contributed by atoms with E-state index in [0.717, 1.165) is 57.1 Å². The molecule has 3 N–H and O–H groups in total. The van der Waals surface area contributed by atoms with Crippen molar-refractivity contribution in [1.82, 2.24) is 0 Å². The molecule has 1 aromatic rings. The monoisotopic (exact) mass is 263 g/mol. The van der Waals surface area contributed by atoms with Crippen LogP contribution in [0.25, 0.3) is 0 Å². The first-order valence-corrected chi connectivity index (χ1v) is 7.68. The summed E-state index contributed by atoms with van der Waals surface area (Å²) in [6.45, 7) is 5.02. The molecule has 0 fully saturated rings. The van der Waals surface area contributed by atoms with Crippen molar-refractivity contribution < 1.29 is 5.11 Å². The van der Waals surface area contributed by atoms with Gasteiger partial charge in [-0.2, -0.15) is 0 Å². The lowest BCUT2D eigenvalue weighted by atomic mass is 9.84. The minimum Gasteiger partial charge on any atom is -0.385 e. The van der Waals surface area contributed by atoms with Crippen LogP contribution in [0.3, 0.4) is 0 Å². The van der Waals surface area contributed by atoms with Gasteiger partial charge in [0.05, 0.1) is 5.60 Å². The van der Waals surface area contributed by atoms with E-state index in [4.69, 9.17) is 5.73 Å². The number of unbranched alkanes of at least 4 members (excludes halogenated alkanes) is 1. The van der Waals surface area contributed by atoms with Crippen LogP contribution in [0, 0.1) is 0 Å². The molecule has 2 heteroatoms. The predicted octanol–water partition coefficient (Wildman–Crippen LogP) is 3.76. The van der Waals surface area contributed by atoms with E-state index in [1.54, 1.807) is 0 Å². The fourth-order valence-corrected chi connectivity index (χ4v) is 2.73. The van der Waals surface area contributed by atoms with E-state index in [0.29, 0.717) is 0 Å². The van der Waals surface area contributed by atoms with Crippen molar-refractivity contribution in [2.75, 3.05) is 6.54 Å². The van der Waals surface area contributed by atoms with Gasteiger partial charge < -0.3 is 10.8 Å². The molecule has 2 nitrogen and oxygen atoms in total. The summed E-state index contributed by atoms with van der Waals surface area (Å²) >= 11 is 0. The number of hydrogen-bond donors (Lipinski definition) is 2.